The average molecular weight is 152 g/mol. The number of hydrogen-bond acceptors (Lipinski definition) is 2. The van der Waals surface area contributed by atoms with E-state index < -0.39 is 0 Å². The van der Waals surface area contributed by atoms with E-state index in [0.29, 0.717) is 6.04 Å². The zero-order valence-electron chi connectivity index (χ0n) is 7.38. The molecule has 0 spiro atoms. The summed E-state index contributed by atoms with van der Waals surface area (Å²) in [6, 6.07) is 0.712. The Morgan fingerprint density at radius 1 is 1.55 bits per heavy atom. The monoisotopic (exact) mass is 152 g/mol. The maximum atomic E-state index is 4.67. The molecule has 0 N–H and O–H groups in total. The Balaban J connectivity index is 1.78. The second kappa shape index (κ2) is 2.59. The van der Waals surface area contributed by atoms with Crippen LogP contribution in [0.25, 0.3) is 0 Å². The number of nitrogens with zero attached hydrogens (tertiary/aromatic N) is 2. The first-order valence-corrected chi connectivity index (χ1v) is 4.53. The second-order valence-corrected chi connectivity index (χ2v) is 3.84. The second-order valence-electron chi connectivity index (χ2n) is 3.84. The fourth-order valence-corrected chi connectivity index (χ4v) is 1.72. The first-order valence-electron chi connectivity index (χ1n) is 4.53. The highest BCUT2D eigenvalue weighted by molar-refractivity contribution is 5.93. The summed E-state index contributed by atoms with van der Waals surface area (Å²) >= 11 is 0. The van der Waals surface area contributed by atoms with E-state index in [0.717, 1.165) is 19.0 Å². The predicted molar refractivity (Wildman–Crippen MR) is 47.1 cm³/mol. The van der Waals surface area contributed by atoms with Gasteiger partial charge in [-0.2, -0.15) is 0 Å². The highest BCUT2D eigenvalue weighted by atomic mass is 15.2. The van der Waals surface area contributed by atoms with Gasteiger partial charge in [0, 0.05) is 18.8 Å². The molecule has 0 bridgehead atoms. The van der Waals surface area contributed by atoms with Crippen molar-refractivity contribution in [1.29, 1.82) is 0 Å². The zero-order chi connectivity index (χ0) is 7.84. The van der Waals surface area contributed by atoms with Crippen LogP contribution < -0.4 is 0 Å². The molecule has 0 amide bonds. The lowest BCUT2D eigenvalue weighted by Crippen LogP contribution is -2.44. The van der Waals surface area contributed by atoms with Gasteiger partial charge in [0.05, 0.1) is 6.04 Å². The Bertz CT molecular complexity index is 178. The van der Waals surface area contributed by atoms with Crippen molar-refractivity contribution in [3.05, 3.63) is 0 Å². The minimum absolute atomic E-state index is 0.712. The Labute approximate surface area is 68.3 Å². The van der Waals surface area contributed by atoms with Crippen LogP contribution in [0.3, 0.4) is 0 Å². The van der Waals surface area contributed by atoms with Gasteiger partial charge in [0.15, 0.2) is 0 Å². The Morgan fingerprint density at radius 3 is 2.73 bits per heavy atom. The number of likely N-dealkylation sites (tertiary alicyclic amines) is 1. The van der Waals surface area contributed by atoms with E-state index in [-0.39, 0.29) is 0 Å². The van der Waals surface area contributed by atoms with E-state index in [2.05, 4.69) is 23.9 Å². The fourth-order valence-electron chi connectivity index (χ4n) is 1.72. The first-order chi connectivity index (χ1) is 5.29. The van der Waals surface area contributed by atoms with Crippen LogP contribution in [0.5, 0.6) is 0 Å². The van der Waals surface area contributed by atoms with Crippen molar-refractivity contribution in [3.63, 3.8) is 0 Å². The zero-order valence-corrected chi connectivity index (χ0v) is 7.38. The molecule has 1 aliphatic carbocycles. The molecule has 0 aromatic rings. The normalized spacial score (nSPS) is 36.7. The maximum absolute atomic E-state index is 4.67. The summed E-state index contributed by atoms with van der Waals surface area (Å²) in [5.41, 5.74) is 1.42. The summed E-state index contributed by atoms with van der Waals surface area (Å²) < 4.78 is 0. The minimum atomic E-state index is 0.712. The van der Waals surface area contributed by atoms with Crippen molar-refractivity contribution in [1.82, 2.24) is 4.90 Å². The topological polar surface area (TPSA) is 15.6 Å². The smallest absolute Gasteiger partial charge is 0.0532 e. The van der Waals surface area contributed by atoms with Crippen molar-refractivity contribution in [2.24, 2.45) is 10.9 Å². The molecule has 2 rings (SSSR count). The van der Waals surface area contributed by atoms with Gasteiger partial charge in [-0.3, -0.25) is 9.89 Å². The summed E-state index contributed by atoms with van der Waals surface area (Å²) in [7, 11) is 2.14. The van der Waals surface area contributed by atoms with Crippen LogP contribution in [0.15, 0.2) is 4.99 Å². The number of aliphatic imine (C=N–C) groups is 1. The Hall–Kier alpha value is -0.370. The van der Waals surface area contributed by atoms with Gasteiger partial charge in [-0.05, 0) is 19.4 Å². The van der Waals surface area contributed by atoms with E-state index >= 15 is 0 Å². The molecule has 62 valence electrons. The summed E-state index contributed by atoms with van der Waals surface area (Å²) in [6.45, 7) is 4.50. The van der Waals surface area contributed by atoms with Gasteiger partial charge in [-0.15, -0.1) is 0 Å². The van der Waals surface area contributed by atoms with Crippen LogP contribution in [-0.4, -0.2) is 36.8 Å². The molecule has 11 heavy (non-hydrogen) atoms. The molecule has 1 saturated carbocycles. The van der Waals surface area contributed by atoms with Crippen molar-refractivity contribution in [3.8, 4) is 0 Å². The predicted octanol–water partition coefficient (Wildman–Crippen LogP) is 1.17. The lowest BCUT2D eigenvalue weighted by molar-refractivity contribution is 0.374. The Kier molecular flexibility index (Phi) is 1.72. The van der Waals surface area contributed by atoms with Gasteiger partial charge in [0.1, 0.15) is 0 Å². The molecule has 0 aromatic heterocycles. The van der Waals surface area contributed by atoms with E-state index in [1.807, 2.05) is 0 Å². The van der Waals surface area contributed by atoms with Crippen LogP contribution in [0.2, 0.25) is 0 Å². The number of hydrogen-bond donors (Lipinski definition) is 0. The lowest BCUT2D eigenvalue weighted by Gasteiger charge is -2.28. The summed E-state index contributed by atoms with van der Waals surface area (Å²) in [5.74, 6) is 0.924. The molecular formula is C9H16N2. The van der Waals surface area contributed by atoms with E-state index in [4.69, 9.17) is 0 Å². The standard InChI is InChI=1S/C9H16N2/c1-3-7-4-9(7)10-8-5-11(2)6-8/h7,9H,3-6H2,1-2H3. The average Bonchev–Trinajstić information content (AvgIpc) is 2.64. The molecule has 1 saturated heterocycles. The molecule has 2 aliphatic rings. The molecule has 0 radical (unpaired) electrons. The molecule has 2 heteroatoms. The molecule has 2 fully saturated rings. The van der Waals surface area contributed by atoms with Crippen molar-refractivity contribution in [2.45, 2.75) is 25.8 Å². The highest BCUT2D eigenvalue weighted by Gasteiger charge is 2.36. The van der Waals surface area contributed by atoms with Gasteiger partial charge < -0.3 is 0 Å². The third kappa shape index (κ3) is 1.45. The Morgan fingerprint density at radius 2 is 2.27 bits per heavy atom. The van der Waals surface area contributed by atoms with Crippen LogP contribution in [0.4, 0.5) is 0 Å². The van der Waals surface area contributed by atoms with Crippen LogP contribution >= 0.6 is 0 Å². The first kappa shape index (κ1) is 7.29. The van der Waals surface area contributed by atoms with Crippen molar-refractivity contribution < 1.29 is 0 Å². The maximum Gasteiger partial charge on any atom is 0.0532 e. The van der Waals surface area contributed by atoms with Crippen molar-refractivity contribution in [2.75, 3.05) is 20.1 Å². The molecule has 1 aliphatic heterocycles. The minimum Gasteiger partial charge on any atom is -0.295 e. The third-order valence-corrected chi connectivity index (χ3v) is 2.66. The van der Waals surface area contributed by atoms with Gasteiger partial charge in [-0.25, -0.2) is 0 Å². The van der Waals surface area contributed by atoms with Crippen LogP contribution in [0, 0.1) is 5.92 Å². The van der Waals surface area contributed by atoms with Crippen LogP contribution in [-0.2, 0) is 0 Å². The van der Waals surface area contributed by atoms with E-state index in [1.165, 1.54) is 18.6 Å². The number of rotatable bonds is 2. The van der Waals surface area contributed by atoms with Crippen LogP contribution in [0.1, 0.15) is 19.8 Å². The molecular weight excluding hydrogens is 136 g/mol. The van der Waals surface area contributed by atoms with E-state index in [1.54, 1.807) is 0 Å². The summed E-state index contributed by atoms with van der Waals surface area (Å²) in [4.78, 5) is 6.97. The quantitative estimate of drug-likeness (QED) is 0.580. The largest absolute Gasteiger partial charge is 0.295 e. The molecule has 2 unspecified atom stereocenters. The molecule has 2 nitrogen and oxygen atoms in total. The fraction of sp³-hybridized carbons (Fsp3) is 0.889. The van der Waals surface area contributed by atoms with Gasteiger partial charge in [0.25, 0.3) is 0 Å². The van der Waals surface area contributed by atoms with E-state index in [9.17, 15) is 0 Å². The molecule has 2 atom stereocenters. The lowest BCUT2D eigenvalue weighted by atomic mass is 10.2. The SMILES string of the molecule is CCC1CC1N=C1CN(C)C1. The van der Waals surface area contributed by atoms with Crippen molar-refractivity contribution >= 4 is 5.71 Å². The van der Waals surface area contributed by atoms with Gasteiger partial charge in [-0.1, -0.05) is 13.3 Å². The summed E-state index contributed by atoms with van der Waals surface area (Å²) in [6.07, 6.45) is 2.67. The molecule has 0 aromatic carbocycles. The van der Waals surface area contributed by atoms with Gasteiger partial charge in [0.2, 0.25) is 0 Å². The molecule has 1 heterocycles. The third-order valence-electron chi connectivity index (χ3n) is 2.66. The highest BCUT2D eigenvalue weighted by Crippen LogP contribution is 2.36. The summed E-state index contributed by atoms with van der Waals surface area (Å²) in [5, 5.41) is 0. The van der Waals surface area contributed by atoms with Gasteiger partial charge >= 0.3 is 0 Å².